The highest BCUT2D eigenvalue weighted by atomic mass is 35.5. The molecule has 7 nitrogen and oxygen atoms in total. The monoisotopic (exact) mass is 281 g/mol. The highest BCUT2D eigenvalue weighted by Gasteiger charge is 2.09. The summed E-state index contributed by atoms with van der Waals surface area (Å²) >= 11 is 5.99. The molecule has 0 spiro atoms. The van der Waals surface area contributed by atoms with Gasteiger partial charge < -0.3 is 5.32 Å². The van der Waals surface area contributed by atoms with Crippen LogP contribution in [0.5, 0.6) is 0 Å². The van der Waals surface area contributed by atoms with Crippen molar-refractivity contribution in [3.05, 3.63) is 51.1 Å². The number of aromatic nitrogens is 3. The number of hydrogen-bond acceptors (Lipinski definition) is 5. The molecule has 2 aromatic rings. The zero-order valence-electron chi connectivity index (χ0n) is 10.2. The largest absolute Gasteiger partial charge is 0.306 e. The fraction of sp³-hybridized carbons (Fsp3) is 0.273. The van der Waals surface area contributed by atoms with E-state index in [1.54, 1.807) is 18.1 Å². The Hall–Kier alpha value is -1.99. The number of nitrogens with zero attached hydrogens (tertiary/aromatic N) is 4. The minimum absolute atomic E-state index is 0.0251. The van der Waals surface area contributed by atoms with Gasteiger partial charge in [0.25, 0.3) is 5.69 Å². The van der Waals surface area contributed by atoms with Crippen LogP contribution in [0.25, 0.3) is 0 Å². The fourth-order valence-corrected chi connectivity index (χ4v) is 1.77. The van der Waals surface area contributed by atoms with Crippen molar-refractivity contribution >= 4 is 17.3 Å². The Morgan fingerprint density at radius 3 is 2.89 bits per heavy atom. The number of rotatable bonds is 5. The van der Waals surface area contributed by atoms with Crippen LogP contribution < -0.4 is 5.32 Å². The molecule has 0 amide bonds. The molecule has 0 aliphatic rings. The maximum Gasteiger partial charge on any atom is 0.269 e. The van der Waals surface area contributed by atoms with Crippen LogP contribution in [0.2, 0.25) is 5.02 Å². The number of aryl methyl sites for hydroxylation is 1. The van der Waals surface area contributed by atoms with E-state index in [9.17, 15) is 10.1 Å². The Morgan fingerprint density at radius 2 is 2.26 bits per heavy atom. The number of nitro benzene ring substituents is 1. The Balaban J connectivity index is 1.99. The molecular formula is C11H12ClN5O2. The van der Waals surface area contributed by atoms with Crippen molar-refractivity contribution < 1.29 is 4.92 Å². The molecule has 1 heterocycles. The number of benzene rings is 1. The maximum atomic E-state index is 10.7. The van der Waals surface area contributed by atoms with Crippen molar-refractivity contribution in [3.63, 3.8) is 0 Å². The van der Waals surface area contributed by atoms with E-state index < -0.39 is 4.92 Å². The molecular weight excluding hydrogens is 270 g/mol. The topological polar surface area (TPSA) is 85.9 Å². The lowest BCUT2D eigenvalue weighted by Crippen LogP contribution is -2.14. The molecule has 0 saturated carbocycles. The van der Waals surface area contributed by atoms with Crippen LogP contribution >= 0.6 is 11.6 Å². The van der Waals surface area contributed by atoms with Crippen LogP contribution in [0.4, 0.5) is 5.69 Å². The zero-order valence-corrected chi connectivity index (χ0v) is 11.0. The number of non-ortho nitro benzene ring substituents is 1. The molecule has 0 saturated heterocycles. The quantitative estimate of drug-likeness (QED) is 0.665. The highest BCUT2D eigenvalue weighted by Crippen LogP contribution is 2.21. The van der Waals surface area contributed by atoms with Gasteiger partial charge >= 0.3 is 0 Å². The van der Waals surface area contributed by atoms with Crippen molar-refractivity contribution in [3.8, 4) is 0 Å². The summed E-state index contributed by atoms with van der Waals surface area (Å²) < 4.78 is 1.61. The summed E-state index contributed by atoms with van der Waals surface area (Å²) in [4.78, 5) is 14.3. The molecule has 100 valence electrons. The van der Waals surface area contributed by atoms with Crippen LogP contribution in [0.15, 0.2) is 24.5 Å². The zero-order chi connectivity index (χ0) is 13.8. The van der Waals surface area contributed by atoms with Crippen molar-refractivity contribution in [1.29, 1.82) is 0 Å². The highest BCUT2D eigenvalue weighted by molar-refractivity contribution is 6.31. The predicted molar refractivity (Wildman–Crippen MR) is 69.7 cm³/mol. The summed E-state index contributed by atoms with van der Waals surface area (Å²) in [6.07, 6.45) is 1.61. The molecule has 0 aliphatic heterocycles. The van der Waals surface area contributed by atoms with E-state index in [-0.39, 0.29) is 5.69 Å². The lowest BCUT2D eigenvalue weighted by molar-refractivity contribution is -0.384. The standard InChI is InChI=1S/C11H12ClN5O2/c1-16-7-14-11(15-16)6-13-5-8-4-9(17(18)19)2-3-10(8)12/h2-4,7,13H,5-6H2,1H3. The van der Waals surface area contributed by atoms with E-state index in [1.807, 2.05) is 0 Å². The third-order valence-corrected chi connectivity index (χ3v) is 2.85. The van der Waals surface area contributed by atoms with Crippen molar-refractivity contribution in [2.75, 3.05) is 0 Å². The number of halogens is 1. The minimum atomic E-state index is -0.444. The first kappa shape index (κ1) is 13.4. The summed E-state index contributed by atoms with van der Waals surface area (Å²) in [5, 5.41) is 18.4. The lowest BCUT2D eigenvalue weighted by Gasteiger charge is -2.05. The minimum Gasteiger partial charge on any atom is -0.306 e. The summed E-state index contributed by atoms with van der Waals surface area (Å²) in [5.74, 6) is 0.657. The van der Waals surface area contributed by atoms with Gasteiger partial charge in [0.2, 0.25) is 0 Å². The Bertz CT molecular complexity index is 599. The molecule has 0 aliphatic carbocycles. The van der Waals surface area contributed by atoms with E-state index in [2.05, 4.69) is 15.4 Å². The van der Waals surface area contributed by atoms with Crippen molar-refractivity contribution in [1.82, 2.24) is 20.1 Å². The first-order valence-electron chi connectivity index (χ1n) is 5.54. The first-order chi connectivity index (χ1) is 9.06. The van der Waals surface area contributed by atoms with E-state index in [1.165, 1.54) is 18.2 Å². The Morgan fingerprint density at radius 1 is 1.47 bits per heavy atom. The third-order valence-electron chi connectivity index (χ3n) is 2.49. The van der Waals surface area contributed by atoms with Crippen LogP contribution in [-0.2, 0) is 20.1 Å². The van der Waals surface area contributed by atoms with Gasteiger partial charge in [0.15, 0.2) is 5.82 Å². The maximum absolute atomic E-state index is 10.7. The van der Waals surface area contributed by atoms with Gasteiger partial charge in [-0.15, -0.1) is 0 Å². The number of nitrogens with one attached hydrogen (secondary N) is 1. The number of hydrogen-bond donors (Lipinski definition) is 1. The molecule has 2 rings (SSSR count). The molecule has 0 fully saturated rings. The Labute approximate surface area is 114 Å². The van der Waals surface area contributed by atoms with E-state index in [4.69, 9.17) is 11.6 Å². The molecule has 1 aromatic carbocycles. The summed E-state index contributed by atoms with van der Waals surface area (Å²) in [7, 11) is 1.79. The van der Waals surface area contributed by atoms with Gasteiger partial charge in [0.05, 0.1) is 11.5 Å². The second-order valence-corrected chi connectivity index (χ2v) is 4.38. The second kappa shape index (κ2) is 5.77. The Kier molecular flexibility index (Phi) is 4.08. The predicted octanol–water partition coefficient (Wildman–Crippen LogP) is 1.67. The average Bonchev–Trinajstić information content (AvgIpc) is 2.77. The summed E-state index contributed by atoms with van der Waals surface area (Å²) in [5.41, 5.74) is 0.698. The van der Waals surface area contributed by atoms with Crippen LogP contribution in [-0.4, -0.2) is 19.7 Å². The van der Waals surface area contributed by atoms with Gasteiger partial charge in [-0.3, -0.25) is 14.8 Å². The van der Waals surface area contributed by atoms with Gasteiger partial charge in [-0.05, 0) is 11.6 Å². The van der Waals surface area contributed by atoms with Crippen molar-refractivity contribution in [2.45, 2.75) is 13.1 Å². The SMILES string of the molecule is Cn1cnc(CNCc2cc([N+](=O)[O-])ccc2Cl)n1. The van der Waals surface area contributed by atoms with Gasteiger partial charge in [-0.25, -0.2) is 4.98 Å². The normalized spacial score (nSPS) is 10.6. The number of nitro groups is 1. The van der Waals surface area contributed by atoms with Crippen LogP contribution in [0, 0.1) is 10.1 Å². The van der Waals surface area contributed by atoms with E-state index in [0.29, 0.717) is 29.5 Å². The molecule has 0 atom stereocenters. The molecule has 0 radical (unpaired) electrons. The van der Waals surface area contributed by atoms with Gasteiger partial charge in [-0.2, -0.15) is 5.10 Å². The lowest BCUT2D eigenvalue weighted by atomic mass is 10.2. The molecule has 19 heavy (non-hydrogen) atoms. The fourth-order valence-electron chi connectivity index (χ4n) is 1.58. The van der Waals surface area contributed by atoms with Gasteiger partial charge in [-0.1, -0.05) is 11.6 Å². The second-order valence-electron chi connectivity index (χ2n) is 3.97. The molecule has 0 bridgehead atoms. The van der Waals surface area contributed by atoms with Crippen LogP contribution in [0.3, 0.4) is 0 Å². The van der Waals surface area contributed by atoms with Gasteiger partial charge in [0.1, 0.15) is 6.33 Å². The smallest absolute Gasteiger partial charge is 0.269 e. The van der Waals surface area contributed by atoms with E-state index >= 15 is 0 Å². The molecule has 1 aromatic heterocycles. The summed E-state index contributed by atoms with van der Waals surface area (Å²) in [6.45, 7) is 0.888. The third kappa shape index (κ3) is 3.49. The first-order valence-corrected chi connectivity index (χ1v) is 5.92. The molecule has 0 unspecified atom stereocenters. The summed E-state index contributed by atoms with van der Waals surface area (Å²) in [6, 6.07) is 4.36. The molecule has 1 N–H and O–H groups in total. The van der Waals surface area contributed by atoms with Gasteiger partial charge in [0, 0.05) is 30.7 Å². The van der Waals surface area contributed by atoms with Crippen molar-refractivity contribution in [2.24, 2.45) is 7.05 Å². The van der Waals surface area contributed by atoms with E-state index in [0.717, 1.165) is 0 Å². The average molecular weight is 282 g/mol. The van der Waals surface area contributed by atoms with Crippen LogP contribution in [0.1, 0.15) is 11.4 Å². The molecule has 8 heteroatoms.